The van der Waals surface area contributed by atoms with Crippen molar-refractivity contribution in [2.24, 2.45) is 0 Å². The minimum atomic E-state index is 0.589. The maximum Gasteiger partial charge on any atom is 0.227 e. The lowest BCUT2D eigenvalue weighted by Gasteiger charge is -2.28. The van der Waals surface area contributed by atoms with Crippen LogP contribution < -0.4 is 4.90 Å². The van der Waals surface area contributed by atoms with Crippen LogP contribution in [0.5, 0.6) is 0 Å². The second-order valence-electron chi connectivity index (χ2n) is 15.6. The van der Waals surface area contributed by atoms with E-state index in [0.29, 0.717) is 5.89 Å². The van der Waals surface area contributed by atoms with E-state index in [4.69, 9.17) is 9.40 Å². The lowest BCUT2D eigenvalue weighted by atomic mass is 9.99. The first kappa shape index (κ1) is 34.8. The smallest absolute Gasteiger partial charge is 0.227 e. The number of hydrogen-bond donors (Lipinski definition) is 0. The summed E-state index contributed by atoms with van der Waals surface area (Å²) < 4.78 is 9.31. The zero-order valence-corrected chi connectivity index (χ0v) is 33.1. The van der Waals surface area contributed by atoms with Gasteiger partial charge in [-0.15, -0.1) is 0 Å². The summed E-state index contributed by atoms with van der Waals surface area (Å²) in [6.07, 6.45) is 0. The molecule has 0 spiro atoms. The molecule has 4 heteroatoms. The molecular weight excluding hydrogens is 743 g/mol. The van der Waals surface area contributed by atoms with E-state index in [2.05, 4.69) is 228 Å². The molecule has 12 rings (SSSR count). The van der Waals surface area contributed by atoms with Gasteiger partial charge in [-0.2, -0.15) is 0 Å². The number of anilines is 3. The SMILES string of the molecule is c1ccc(-c2ccc(-c3cccc(N(c4cc5c6ccccc6n(-c6ccccc6)c5c5ccccc45)c4cccc5nc(-c6ccc7ccccc7c6)oc45)c3)cc2)cc1. The molecule has 0 amide bonds. The summed E-state index contributed by atoms with van der Waals surface area (Å²) in [5.74, 6) is 0.589. The van der Waals surface area contributed by atoms with Gasteiger partial charge in [0.05, 0.1) is 22.4 Å². The standard InChI is InChI=1S/C57H37N3O/c1-3-15-38(16-4-1)40-29-31-41(32-30-40)43-19-13-22-46(36-43)59(53-28-14-26-51-56(53)61-57(58-51)44-34-33-39-17-7-8-18-42(39)35-44)54-37-50-48-24-11-12-27-52(48)60(45-20-5-2-6-21-45)55(50)49-25-10-9-23-47(49)54/h1-37H. The van der Waals surface area contributed by atoms with E-state index in [9.17, 15) is 0 Å². The van der Waals surface area contributed by atoms with Gasteiger partial charge >= 0.3 is 0 Å². The summed E-state index contributed by atoms with van der Waals surface area (Å²) in [5, 5.41) is 6.98. The third-order valence-electron chi connectivity index (χ3n) is 12.0. The number of fused-ring (bicyclic) bond motifs is 7. The second-order valence-corrected chi connectivity index (χ2v) is 15.6. The van der Waals surface area contributed by atoms with Crippen molar-refractivity contribution in [3.63, 3.8) is 0 Å². The van der Waals surface area contributed by atoms with Crippen LogP contribution in [0.25, 0.3) is 93.8 Å². The van der Waals surface area contributed by atoms with Crippen LogP contribution in [-0.4, -0.2) is 9.55 Å². The molecule has 61 heavy (non-hydrogen) atoms. The molecule has 0 fully saturated rings. The first-order valence-corrected chi connectivity index (χ1v) is 20.7. The van der Waals surface area contributed by atoms with Crippen LogP contribution in [0, 0.1) is 0 Å². The fraction of sp³-hybridized carbons (Fsp3) is 0. The van der Waals surface area contributed by atoms with Crippen molar-refractivity contribution in [3.8, 4) is 39.4 Å². The fourth-order valence-corrected chi connectivity index (χ4v) is 9.11. The Morgan fingerprint density at radius 2 is 1.02 bits per heavy atom. The Kier molecular flexibility index (Phi) is 8.13. The van der Waals surface area contributed by atoms with Crippen molar-refractivity contribution in [1.82, 2.24) is 9.55 Å². The van der Waals surface area contributed by atoms with Crippen LogP contribution in [0.2, 0.25) is 0 Å². The van der Waals surface area contributed by atoms with Gasteiger partial charge in [-0.05, 0) is 93.7 Å². The van der Waals surface area contributed by atoms with Gasteiger partial charge in [0.2, 0.25) is 5.89 Å². The molecule has 0 N–H and O–H groups in total. The van der Waals surface area contributed by atoms with E-state index in [1.54, 1.807) is 0 Å². The average molecular weight is 780 g/mol. The van der Waals surface area contributed by atoms with Gasteiger partial charge in [-0.1, -0.05) is 164 Å². The molecule has 0 aliphatic rings. The van der Waals surface area contributed by atoms with Crippen LogP contribution >= 0.6 is 0 Å². The molecule has 10 aromatic carbocycles. The highest BCUT2D eigenvalue weighted by Crippen LogP contribution is 2.48. The third kappa shape index (κ3) is 5.88. The summed E-state index contributed by atoms with van der Waals surface area (Å²) in [7, 11) is 0. The summed E-state index contributed by atoms with van der Waals surface area (Å²) in [6, 6.07) is 79.9. The predicted octanol–water partition coefficient (Wildman–Crippen LogP) is 15.7. The lowest BCUT2D eigenvalue weighted by molar-refractivity contribution is 0.620. The van der Waals surface area contributed by atoms with Gasteiger partial charge < -0.3 is 13.9 Å². The largest absolute Gasteiger partial charge is 0.434 e. The number of hydrogen-bond acceptors (Lipinski definition) is 3. The topological polar surface area (TPSA) is 34.2 Å². The van der Waals surface area contributed by atoms with E-state index in [0.717, 1.165) is 72.2 Å². The molecular formula is C57H37N3O. The van der Waals surface area contributed by atoms with Gasteiger partial charge in [-0.25, -0.2) is 4.98 Å². The van der Waals surface area contributed by atoms with E-state index in [1.807, 2.05) is 6.07 Å². The number of benzene rings is 10. The average Bonchev–Trinajstić information content (AvgIpc) is 3.93. The molecule has 2 heterocycles. The van der Waals surface area contributed by atoms with Gasteiger partial charge in [0.15, 0.2) is 5.58 Å². The van der Waals surface area contributed by atoms with E-state index in [1.165, 1.54) is 32.8 Å². The van der Waals surface area contributed by atoms with E-state index < -0.39 is 0 Å². The molecule has 2 aromatic heterocycles. The van der Waals surface area contributed by atoms with E-state index in [-0.39, 0.29) is 0 Å². The van der Waals surface area contributed by atoms with Crippen molar-refractivity contribution in [2.45, 2.75) is 0 Å². The molecule has 0 aliphatic carbocycles. The molecule has 12 aromatic rings. The number of para-hydroxylation sites is 3. The fourth-order valence-electron chi connectivity index (χ4n) is 9.11. The van der Waals surface area contributed by atoms with Crippen LogP contribution in [0.4, 0.5) is 17.1 Å². The van der Waals surface area contributed by atoms with Crippen molar-refractivity contribution in [2.75, 3.05) is 4.90 Å². The number of oxazole rings is 1. The maximum atomic E-state index is 6.90. The molecule has 0 saturated carbocycles. The summed E-state index contributed by atoms with van der Waals surface area (Å²) in [5.41, 5.74) is 13.5. The Morgan fingerprint density at radius 1 is 0.393 bits per heavy atom. The minimum absolute atomic E-state index is 0.589. The molecule has 0 radical (unpaired) electrons. The number of rotatable bonds is 7. The Labute approximate surface area is 352 Å². The quantitative estimate of drug-likeness (QED) is 0.162. The Hall–Kier alpha value is -8.21. The summed E-state index contributed by atoms with van der Waals surface area (Å²) in [4.78, 5) is 7.48. The Balaban J connectivity index is 1.11. The van der Waals surface area contributed by atoms with Gasteiger partial charge in [0, 0.05) is 38.5 Å². The van der Waals surface area contributed by atoms with Gasteiger partial charge in [0.25, 0.3) is 0 Å². The van der Waals surface area contributed by atoms with Gasteiger partial charge in [0.1, 0.15) is 5.52 Å². The van der Waals surface area contributed by atoms with Gasteiger partial charge in [-0.3, -0.25) is 0 Å². The van der Waals surface area contributed by atoms with E-state index >= 15 is 0 Å². The normalized spacial score (nSPS) is 11.6. The molecule has 0 aliphatic heterocycles. The highest BCUT2D eigenvalue weighted by Gasteiger charge is 2.25. The Bertz CT molecular complexity index is 3590. The highest BCUT2D eigenvalue weighted by atomic mass is 16.3. The first-order chi connectivity index (χ1) is 30.2. The summed E-state index contributed by atoms with van der Waals surface area (Å²) in [6.45, 7) is 0. The monoisotopic (exact) mass is 779 g/mol. The molecule has 0 saturated heterocycles. The third-order valence-corrected chi connectivity index (χ3v) is 12.0. The van der Waals surface area contributed by atoms with Crippen molar-refractivity contribution < 1.29 is 4.42 Å². The minimum Gasteiger partial charge on any atom is -0.434 e. The van der Waals surface area contributed by atoms with Crippen LogP contribution in [0.1, 0.15) is 0 Å². The second kappa shape index (κ2) is 14.3. The van der Waals surface area contributed by atoms with Crippen molar-refractivity contribution in [1.29, 1.82) is 0 Å². The zero-order valence-electron chi connectivity index (χ0n) is 33.1. The van der Waals surface area contributed by atoms with Crippen LogP contribution in [-0.2, 0) is 0 Å². The van der Waals surface area contributed by atoms with Crippen molar-refractivity contribution >= 4 is 71.5 Å². The van der Waals surface area contributed by atoms with Crippen LogP contribution in [0.3, 0.4) is 0 Å². The first-order valence-electron chi connectivity index (χ1n) is 20.7. The lowest BCUT2D eigenvalue weighted by Crippen LogP contribution is -2.11. The summed E-state index contributed by atoms with van der Waals surface area (Å²) >= 11 is 0. The van der Waals surface area contributed by atoms with Crippen LogP contribution in [0.15, 0.2) is 229 Å². The number of nitrogens with zero attached hydrogens (tertiary/aromatic N) is 3. The maximum absolute atomic E-state index is 6.90. The highest BCUT2D eigenvalue weighted by molar-refractivity contribution is 6.23. The predicted molar refractivity (Wildman–Crippen MR) is 254 cm³/mol. The Morgan fingerprint density at radius 3 is 1.84 bits per heavy atom. The molecule has 4 nitrogen and oxygen atoms in total. The number of aromatic nitrogens is 2. The molecule has 286 valence electrons. The molecule has 0 atom stereocenters. The van der Waals surface area contributed by atoms with Crippen molar-refractivity contribution in [3.05, 3.63) is 224 Å². The zero-order chi connectivity index (χ0) is 40.3. The molecule has 0 bridgehead atoms. The molecule has 0 unspecified atom stereocenters.